The molecule has 0 amide bonds. The van der Waals surface area contributed by atoms with E-state index in [0.29, 0.717) is 25.3 Å². The van der Waals surface area contributed by atoms with Crippen LogP contribution in [0, 0.1) is 11.8 Å². The molecule has 2 fully saturated rings. The molecule has 3 unspecified atom stereocenters. The molecule has 106 valence electrons. The number of alkyl halides is 3. The molecule has 0 spiro atoms. The Morgan fingerprint density at radius 3 is 2.44 bits per heavy atom. The minimum absolute atomic E-state index is 0.185. The Hall–Kier alpha value is -0.290. The fraction of sp³-hybridized carbons (Fsp3) is 1.00. The summed E-state index contributed by atoms with van der Waals surface area (Å²) in [6, 6.07) is 0.286. The van der Waals surface area contributed by atoms with Crippen LogP contribution in [0.15, 0.2) is 0 Å². The van der Waals surface area contributed by atoms with E-state index in [9.17, 15) is 13.2 Å². The first-order valence-corrected chi connectivity index (χ1v) is 7.03. The molecule has 3 atom stereocenters. The average molecular weight is 264 g/mol. The standard InChI is InChI=1S/C13H23F3N2/c14-13(15,16)11-5-3-7-18(9-11)12-6-2-1-4-10(12)8-17/h10-12H,1-9,17H2. The third kappa shape index (κ3) is 3.18. The first-order chi connectivity index (χ1) is 8.52. The zero-order valence-corrected chi connectivity index (χ0v) is 10.8. The van der Waals surface area contributed by atoms with E-state index in [1.807, 2.05) is 0 Å². The molecule has 0 aromatic rings. The van der Waals surface area contributed by atoms with Crippen LogP contribution in [0.4, 0.5) is 13.2 Å². The minimum atomic E-state index is -4.04. The summed E-state index contributed by atoms with van der Waals surface area (Å²) in [5, 5.41) is 0. The fourth-order valence-electron chi connectivity index (χ4n) is 3.52. The van der Waals surface area contributed by atoms with Gasteiger partial charge in [-0.25, -0.2) is 0 Å². The van der Waals surface area contributed by atoms with Crippen LogP contribution < -0.4 is 5.73 Å². The Bertz CT molecular complexity index is 267. The van der Waals surface area contributed by atoms with E-state index >= 15 is 0 Å². The van der Waals surface area contributed by atoms with Gasteiger partial charge in [-0.1, -0.05) is 12.8 Å². The van der Waals surface area contributed by atoms with E-state index in [-0.39, 0.29) is 12.6 Å². The van der Waals surface area contributed by atoms with Crippen molar-refractivity contribution in [2.45, 2.75) is 50.7 Å². The number of hydrogen-bond donors (Lipinski definition) is 1. The maximum Gasteiger partial charge on any atom is 0.393 e. The molecule has 2 N–H and O–H groups in total. The molecule has 5 heteroatoms. The van der Waals surface area contributed by atoms with Crippen LogP contribution in [-0.2, 0) is 0 Å². The molecule has 2 aliphatic rings. The molecule has 2 rings (SSSR count). The van der Waals surface area contributed by atoms with Gasteiger partial charge in [-0.2, -0.15) is 13.2 Å². The van der Waals surface area contributed by atoms with Crippen molar-refractivity contribution in [1.82, 2.24) is 4.90 Å². The topological polar surface area (TPSA) is 29.3 Å². The summed E-state index contributed by atoms with van der Waals surface area (Å²) in [6.07, 6.45) is 1.33. The summed E-state index contributed by atoms with van der Waals surface area (Å²) in [7, 11) is 0. The second-order valence-corrected chi connectivity index (χ2v) is 5.72. The highest BCUT2D eigenvalue weighted by molar-refractivity contribution is 4.88. The van der Waals surface area contributed by atoms with E-state index in [1.165, 1.54) is 6.42 Å². The number of halogens is 3. The molecular formula is C13H23F3N2. The lowest BCUT2D eigenvalue weighted by Crippen LogP contribution is -2.51. The van der Waals surface area contributed by atoms with Gasteiger partial charge in [-0.3, -0.25) is 4.90 Å². The highest BCUT2D eigenvalue weighted by Crippen LogP contribution is 2.36. The number of nitrogens with two attached hydrogens (primary N) is 1. The summed E-state index contributed by atoms with van der Waals surface area (Å²) in [5.41, 5.74) is 5.77. The number of nitrogens with zero attached hydrogens (tertiary/aromatic N) is 1. The number of hydrogen-bond acceptors (Lipinski definition) is 2. The monoisotopic (exact) mass is 264 g/mol. The van der Waals surface area contributed by atoms with E-state index < -0.39 is 12.1 Å². The van der Waals surface area contributed by atoms with Crippen LogP contribution in [-0.4, -0.2) is 36.8 Å². The SMILES string of the molecule is NCC1CCCCC1N1CCCC(C(F)(F)F)C1. The molecule has 1 aliphatic carbocycles. The molecule has 1 aliphatic heterocycles. The van der Waals surface area contributed by atoms with Gasteiger partial charge in [0.15, 0.2) is 0 Å². The molecule has 1 saturated carbocycles. The van der Waals surface area contributed by atoms with Gasteiger partial charge < -0.3 is 5.73 Å². The van der Waals surface area contributed by atoms with Gasteiger partial charge in [-0.05, 0) is 44.7 Å². The van der Waals surface area contributed by atoms with Gasteiger partial charge >= 0.3 is 6.18 Å². The van der Waals surface area contributed by atoms with Crippen molar-refractivity contribution in [3.63, 3.8) is 0 Å². The lowest BCUT2D eigenvalue weighted by Gasteiger charge is -2.44. The van der Waals surface area contributed by atoms with E-state index in [1.54, 1.807) is 0 Å². The predicted octanol–water partition coefficient (Wildman–Crippen LogP) is 2.78. The van der Waals surface area contributed by atoms with Crippen LogP contribution in [0.5, 0.6) is 0 Å². The third-order valence-corrected chi connectivity index (χ3v) is 4.56. The molecule has 1 saturated heterocycles. The largest absolute Gasteiger partial charge is 0.393 e. The lowest BCUT2D eigenvalue weighted by atomic mass is 9.82. The average Bonchev–Trinajstić information content (AvgIpc) is 2.38. The number of rotatable bonds is 2. The lowest BCUT2D eigenvalue weighted by molar-refractivity contribution is -0.190. The van der Waals surface area contributed by atoms with Crippen LogP contribution in [0.2, 0.25) is 0 Å². The van der Waals surface area contributed by atoms with Crippen LogP contribution in [0.25, 0.3) is 0 Å². The van der Waals surface area contributed by atoms with Crippen molar-refractivity contribution in [3.8, 4) is 0 Å². The van der Waals surface area contributed by atoms with Crippen molar-refractivity contribution in [3.05, 3.63) is 0 Å². The van der Waals surface area contributed by atoms with Gasteiger partial charge in [0.1, 0.15) is 0 Å². The second kappa shape index (κ2) is 5.78. The molecule has 0 aromatic carbocycles. The Balaban J connectivity index is 1.99. The summed E-state index contributed by atoms with van der Waals surface area (Å²) in [5.74, 6) is -0.739. The molecular weight excluding hydrogens is 241 g/mol. The zero-order chi connectivity index (χ0) is 13.2. The van der Waals surface area contributed by atoms with Crippen LogP contribution >= 0.6 is 0 Å². The van der Waals surface area contributed by atoms with E-state index in [2.05, 4.69) is 4.90 Å². The van der Waals surface area contributed by atoms with Gasteiger partial charge in [-0.15, -0.1) is 0 Å². The van der Waals surface area contributed by atoms with Crippen molar-refractivity contribution in [2.75, 3.05) is 19.6 Å². The smallest absolute Gasteiger partial charge is 0.330 e. The van der Waals surface area contributed by atoms with Gasteiger partial charge in [0.05, 0.1) is 5.92 Å². The normalized spacial score (nSPS) is 35.7. The first-order valence-electron chi connectivity index (χ1n) is 7.03. The molecule has 0 radical (unpaired) electrons. The molecule has 18 heavy (non-hydrogen) atoms. The summed E-state index contributed by atoms with van der Waals surface area (Å²) < 4.78 is 38.4. The highest BCUT2D eigenvalue weighted by atomic mass is 19.4. The Labute approximate surface area is 107 Å². The Kier molecular flexibility index (Phi) is 4.54. The quantitative estimate of drug-likeness (QED) is 0.831. The second-order valence-electron chi connectivity index (χ2n) is 5.72. The third-order valence-electron chi connectivity index (χ3n) is 4.56. The minimum Gasteiger partial charge on any atom is -0.330 e. The Morgan fingerprint density at radius 2 is 1.78 bits per heavy atom. The summed E-state index contributed by atoms with van der Waals surface area (Å²) in [6.45, 7) is 1.61. The van der Waals surface area contributed by atoms with Crippen molar-refractivity contribution < 1.29 is 13.2 Å². The van der Waals surface area contributed by atoms with Crippen molar-refractivity contribution >= 4 is 0 Å². The summed E-state index contributed by atoms with van der Waals surface area (Å²) >= 11 is 0. The fourth-order valence-corrected chi connectivity index (χ4v) is 3.52. The molecule has 2 nitrogen and oxygen atoms in total. The summed E-state index contributed by atoms with van der Waals surface area (Å²) in [4.78, 5) is 2.07. The molecule has 1 heterocycles. The number of likely N-dealkylation sites (tertiary alicyclic amines) is 1. The van der Waals surface area contributed by atoms with E-state index in [0.717, 1.165) is 25.8 Å². The molecule has 0 aromatic heterocycles. The van der Waals surface area contributed by atoms with Crippen LogP contribution in [0.1, 0.15) is 38.5 Å². The number of piperidine rings is 1. The van der Waals surface area contributed by atoms with Gasteiger partial charge in [0, 0.05) is 12.6 Å². The van der Waals surface area contributed by atoms with Crippen LogP contribution in [0.3, 0.4) is 0 Å². The Morgan fingerprint density at radius 1 is 1.06 bits per heavy atom. The van der Waals surface area contributed by atoms with Gasteiger partial charge in [0.2, 0.25) is 0 Å². The van der Waals surface area contributed by atoms with E-state index in [4.69, 9.17) is 5.73 Å². The van der Waals surface area contributed by atoms with Crippen molar-refractivity contribution in [2.24, 2.45) is 17.6 Å². The molecule has 0 bridgehead atoms. The predicted molar refractivity (Wildman–Crippen MR) is 65.2 cm³/mol. The zero-order valence-electron chi connectivity index (χ0n) is 10.8. The maximum absolute atomic E-state index is 12.8. The highest BCUT2D eigenvalue weighted by Gasteiger charge is 2.43. The van der Waals surface area contributed by atoms with Gasteiger partial charge in [0.25, 0.3) is 0 Å². The van der Waals surface area contributed by atoms with Crippen molar-refractivity contribution in [1.29, 1.82) is 0 Å². The maximum atomic E-state index is 12.8. The first kappa shape index (κ1) is 14.1.